The fourth-order valence-electron chi connectivity index (χ4n) is 7.48. The second kappa shape index (κ2) is 31.3. The van der Waals surface area contributed by atoms with E-state index in [1.807, 2.05) is 0 Å². The summed E-state index contributed by atoms with van der Waals surface area (Å²) in [6.45, 7) is 32.1. The predicted octanol–water partition coefficient (Wildman–Crippen LogP) is 2.34. The first kappa shape index (κ1) is 69.7. The predicted molar refractivity (Wildman–Crippen MR) is 281 cm³/mol. The molecule has 6 amide bonds. The van der Waals surface area contributed by atoms with Gasteiger partial charge in [0.2, 0.25) is 0 Å². The summed E-state index contributed by atoms with van der Waals surface area (Å²) in [5, 5.41) is 15.1. The maximum absolute atomic E-state index is 13.9. The van der Waals surface area contributed by atoms with E-state index in [1.54, 1.807) is 125 Å². The van der Waals surface area contributed by atoms with Gasteiger partial charge in [-0.3, -0.25) is 28.8 Å². The van der Waals surface area contributed by atoms with Crippen molar-refractivity contribution in [2.75, 3.05) is 0 Å². The van der Waals surface area contributed by atoms with Crippen molar-refractivity contribution in [2.45, 2.75) is 218 Å². The Morgan fingerprint density at radius 2 is 0.372 bits per heavy atom. The van der Waals surface area contributed by atoms with Gasteiger partial charge in [0.1, 0.15) is 36.3 Å². The Morgan fingerprint density at radius 1 is 0.231 bits per heavy atom. The van der Waals surface area contributed by atoms with E-state index in [-0.39, 0.29) is 0 Å². The minimum atomic E-state index is -1.55. The molecule has 0 aromatic carbocycles. The summed E-state index contributed by atoms with van der Waals surface area (Å²) in [6, 6.07) is -8.38. The van der Waals surface area contributed by atoms with Gasteiger partial charge in [-0.15, -0.1) is 0 Å². The molecule has 1 rings (SSSR count). The van der Waals surface area contributed by atoms with Crippen LogP contribution in [0.5, 0.6) is 0 Å². The Hall–Kier alpha value is -6.36. The Balaban J connectivity index is 3.87. The van der Waals surface area contributed by atoms with Crippen LogP contribution in [-0.2, 0) is 86.0 Å². The first-order valence-electron chi connectivity index (χ1n) is 26.9. The monoisotopic (exact) mass is 1110 g/mol. The first-order valence-corrected chi connectivity index (χ1v) is 26.9. The molecular weight excluding hydrogens is 1020 g/mol. The Morgan fingerprint density at radius 3 is 0.513 bits per heavy atom. The van der Waals surface area contributed by atoms with E-state index < -0.39 is 197 Å². The van der Waals surface area contributed by atoms with E-state index >= 15 is 0 Å². The number of rotatable bonds is 9. The molecule has 0 aromatic rings. The highest BCUT2D eigenvalue weighted by atomic mass is 16.6. The number of hydrogen-bond donors (Lipinski definition) is 6. The fraction of sp³-hybridized carbons (Fsp3) is 0.778. The van der Waals surface area contributed by atoms with Gasteiger partial charge in [-0.2, -0.15) is 0 Å². The third-order valence-electron chi connectivity index (χ3n) is 12.6. The minimum Gasteiger partial charge on any atom is -0.451 e. The second-order valence-electron chi connectivity index (χ2n) is 22.9. The summed E-state index contributed by atoms with van der Waals surface area (Å²) in [5.41, 5.74) is 0. The summed E-state index contributed by atoms with van der Waals surface area (Å²) in [4.78, 5) is 165. The van der Waals surface area contributed by atoms with E-state index in [2.05, 4.69) is 31.9 Å². The molecule has 6 N–H and O–H groups in total. The molecule has 0 aliphatic carbocycles. The van der Waals surface area contributed by atoms with Crippen LogP contribution in [0.3, 0.4) is 0 Å². The minimum absolute atomic E-state index is 0.647. The topological polar surface area (TPSA) is 332 Å². The van der Waals surface area contributed by atoms with Gasteiger partial charge in [0, 0.05) is 0 Å². The summed E-state index contributed by atoms with van der Waals surface area (Å²) in [5.74, 6) is -17.8. The molecule has 12 atom stereocenters. The van der Waals surface area contributed by atoms with E-state index in [0.717, 1.165) is 0 Å². The van der Waals surface area contributed by atoms with Crippen LogP contribution in [0.2, 0.25) is 0 Å². The van der Waals surface area contributed by atoms with Crippen molar-refractivity contribution in [1.29, 1.82) is 0 Å². The van der Waals surface area contributed by atoms with Gasteiger partial charge in [-0.25, -0.2) is 28.8 Å². The molecule has 78 heavy (non-hydrogen) atoms. The van der Waals surface area contributed by atoms with E-state index in [9.17, 15) is 57.5 Å². The van der Waals surface area contributed by atoms with Crippen LogP contribution in [0.15, 0.2) is 0 Å². The zero-order valence-electron chi connectivity index (χ0n) is 49.5. The lowest BCUT2D eigenvalue weighted by Gasteiger charge is -2.30. The number of nitrogens with one attached hydrogen (secondary N) is 6. The molecular formula is C54H90N6O18. The standard InChI is InChI=1S/C54H90N6O18/c1-22(2)34-49(67)73-31(19)43(61)55-38(26(9)10)53(71)77-41(29(15)16)47(65)59-36(24(5)6)51(69)75-33(21)45(63)57-39(27(11)12)54(72)78-42(30(17)18)48(66)60-35(23(3)4)50(68)74-32(20)44(62)56-37(25(7)8)52(70)76-40(28(13)14)46(64)58-34/h22-42H,1-21H3,(H,55,61)(H,56,62)(H,57,63)(H,58,64)(H,59,65)(H,60,66)/t31-,32-,33-,34-,35?,36?,37-,38-,39-,40?,41?,42+/m0/s1. The van der Waals surface area contributed by atoms with E-state index in [1.165, 1.54) is 20.8 Å². The Bertz CT molecular complexity index is 1890. The Kier molecular flexibility index (Phi) is 27.9. The molecule has 1 fully saturated rings. The molecule has 0 aromatic heterocycles. The maximum atomic E-state index is 13.9. The number of carbonyl (C=O) groups excluding carboxylic acids is 12. The van der Waals surface area contributed by atoms with Crippen molar-refractivity contribution < 1.29 is 86.0 Å². The lowest BCUT2D eigenvalue weighted by atomic mass is 10.0. The van der Waals surface area contributed by atoms with Gasteiger partial charge >= 0.3 is 35.8 Å². The van der Waals surface area contributed by atoms with Crippen molar-refractivity contribution in [2.24, 2.45) is 53.3 Å². The SMILES string of the molecule is CC(C)C1NC(=O)C(C(C)C)OC(=O)[C@H](C(C)C)NC(=O)[C@H](C)OC(=O)[C@H](C(C)C)NC(=O)C(C(C)C)OC(=O)[C@H](C(C)C)NC(=O)[C@H](C)OC(=O)C(C(C)C)NC(=O)[C@@H](C(C)C)OC(=O)[C@H](C(C)C)NC(=O)[C@H](C)OC1=O. The summed E-state index contributed by atoms with van der Waals surface area (Å²) in [7, 11) is 0. The van der Waals surface area contributed by atoms with Crippen LogP contribution in [0.1, 0.15) is 145 Å². The molecule has 1 heterocycles. The van der Waals surface area contributed by atoms with Crippen LogP contribution in [-0.4, -0.2) is 144 Å². The quantitative estimate of drug-likeness (QED) is 0.143. The summed E-state index contributed by atoms with van der Waals surface area (Å²) in [6.07, 6.45) is -9.25. The van der Waals surface area contributed by atoms with Crippen molar-refractivity contribution in [3.8, 4) is 0 Å². The molecule has 24 nitrogen and oxygen atoms in total. The first-order chi connectivity index (χ1) is 35.9. The van der Waals surface area contributed by atoms with Gasteiger partial charge < -0.3 is 60.3 Å². The highest BCUT2D eigenvalue weighted by Crippen LogP contribution is 2.19. The molecule has 0 radical (unpaired) electrons. The third kappa shape index (κ3) is 20.8. The third-order valence-corrected chi connectivity index (χ3v) is 12.6. The molecule has 1 aliphatic heterocycles. The summed E-state index contributed by atoms with van der Waals surface area (Å²) < 4.78 is 33.5. The number of carbonyl (C=O) groups is 12. The molecule has 0 spiro atoms. The lowest BCUT2D eigenvalue weighted by molar-refractivity contribution is -0.167. The normalized spacial score (nSPS) is 28.8. The van der Waals surface area contributed by atoms with Gasteiger partial charge in [-0.1, -0.05) is 125 Å². The number of cyclic esters (lactones) is 6. The molecule has 0 bridgehead atoms. The van der Waals surface area contributed by atoms with Crippen molar-refractivity contribution in [3.05, 3.63) is 0 Å². The number of hydrogen-bond acceptors (Lipinski definition) is 18. The lowest BCUT2D eigenvalue weighted by Crippen LogP contribution is -2.56. The van der Waals surface area contributed by atoms with Gasteiger partial charge in [0.15, 0.2) is 36.6 Å². The molecule has 24 heteroatoms. The molecule has 1 saturated heterocycles. The molecule has 1 aliphatic rings. The van der Waals surface area contributed by atoms with Gasteiger partial charge in [0.25, 0.3) is 35.4 Å². The van der Waals surface area contributed by atoms with E-state index in [4.69, 9.17) is 28.4 Å². The van der Waals surface area contributed by atoms with Gasteiger partial charge in [0.05, 0.1) is 0 Å². The number of esters is 6. The molecule has 0 saturated carbocycles. The van der Waals surface area contributed by atoms with Crippen LogP contribution in [0, 0.1) is 53.3 Å². The van der Waals surface area contributed by atoms with Crippen LogP contribution in [0.4, 0.5) is 0 Å². The largest absolute Gasteiger partial charge is 0.451 e. The van der Waals surface area contributed by atoms with Crippen molar-refractivity contribution in [1.82, 2.24) is 31.9 Å². The zero-order valence-corrected chi connectivity index (χ0v) is 49.5. The number of amides is 6. The highest BCUT2D eigenvalue weighted by Gasteiger charge is 2.42. The van der Waals surface area contributed by atoms with Crippen LogP contribution < -0.4 is 31.9 Å². The average Bonchev–Trinajstić information content (AvgIpc) is 3.31. The van der Waals surface area contributed by atoms with Crippen molar-refractivity contribution >= 4 is 71.3 Å². The Labute approximate surface area is 459 Å². The van der Waals surface area contributed by atoms with Crippen LogP contribution >= 0.6 is 0 Å². The van der Waals surface area contributed by atoms with Crippen LogP contribution in [0.25, 0.3) is 0 Å². The smallest absolute Gasteiger partial charge is 0.329 e. The second-order valence-corrected chi connectivity index (χ2v) is 22.9. The fourth-order valence-corrected chi connectivity index (χ4v) is 7.48. The maximum Gasteiger partial charge on any atom is 0.329 e. The van der Waals surface area contributed by atoms with E-state index in [0.29, 0.717) is 0 Å². The van der Waals surface area contributed by atoms with Crippen molar-refractivity contribution in [3.63, 3.8) is 0 Å². The molecule has 4 unspecified atom stereocenters. The van der Waals surface area contributed by atoms with Gasteiger partial charge in [-0.05, 0) is 74.0 Å². The highest BCUT2D eigenvalue weighted by molar-refractivity contribution is 5.96. The molecule has 444 valence electrons. The number of ether oxygens (including phenoxy) is 6. The average molecular weight is 1110 g/mol. The summed E-state index contributed by atoms with van der Waals surface area (Å²) >= 11 is 0. The zero-order chi connectivity index (χ0) is 60.5.